The smallest absolute Gasteiger partial charge is 0.268 e. The monoisotopic (exact) mass is 466 g/mol. The third-order valence-corrected chi connectivity index (χ3v) is 12.4. The Morgan fingerprint density at radius 2 is 1.75 bits per heavy atom. The van der Waals surface area contributed by atoms with Crippen molar-refractivity contribution in [3.63, 3.8) is 0 Å². The molecule has 0 aromatic carbocycles. The summed E-state index contributed by atoms with van der Waals surface area (Å²) in [6.45, 7) is 11.1. The van der Waals surface area contributed by atoms with Gasteiger partial charge in [-0.2, -0.15) is 8.42 Å². The Bertz CT molecular complexity index is 833. The van der Waals surface area contributed by atoms with Crippen molar-refractivity contribution in [1.82, 2.24) is 0 Å². The molecule has 5 heteroatoms. The highest BCUT2D eigenvalue weighted by Crippen LogP contribution is 2.67. The topological polar surface area (TPSA) is 74.6 Å². The third-order valence-electron chi connectivity index (χ3n) is 10.9. The average Bonchev–Trinajstić information content (AvgIpc) is 3.04. The van der Waals surface area contributed by atoms with E-state index in [1.165, 1.54) is 37.7 Å². The Hall–Kier alpha value is -0.390. The van der Waals surface area contributed by atoms with Crippen molar-refractivity contribution in [3.05, 3.63) is 11.6 Å². The van der Waals surface area contributed by atoms with E-state index >= 15 is 0 Å². The molecule has 3 saturated carbocycles. The van der Waals surface area contributed by atoms with Gasteiger partial charge in [0.25, 0.3) is 10.1 Å². The van der Waals surface area contributed by atoms with E-state index in [0.717, 1.165) is 43.4 Å². The van der Waals surface area contributed by atoms with Gasteiger partial charge in [-0.3, -0.25) is 4.55 Å². The molecule has 9 atom stereocenters. The summed E-state index contributed by atoms with van der Waals surface area (Å²) in [6.07, 6.45) is 13.1. The van der Waals surface area contributed by atoms with Crippen LogP contribution >= 0.6 is 0 Å². The van der Waals surface area contributed by atoms with E-state index in [-0.39, 0.29) is 17.4 Å². The largest absolute Gasteiger partial charge is 0.393 e. The zero-order chi connectivity index (χ0) is 23.5. The highest BCUT2D eigenvalue weighted by atomic mass is 32.2. The average molecular weight is 467 g/mol. The van der Waals surface area contributed by atoms with E-state index in [9.17, 15) is 18.1 Å². The van der Waals surface area contributed by atoms with Crippen LogP contribution in [0.2, 0.25) is 0 Å². The van der Waals surface area contributed by atoms with Crippen molar-refractivity contribution in [2.24, 2.45) is 46.3 Å². The van der Waals surface area contributed by atoms with Crippen molar-refractivity contribution in [2.45, 2.75) is 110 Å². The fourth-order valence-electron chi connectivity index (χ4n) is 9.07. The fraction of sp³-hybridized carbons (Fsp3) is 0.926. The first kappa shape index (κ1) is 24.7. The molecule has 0 aromatic heterocycles. The van der Waals surface area contributed by atoms with Crippen LogP contribution in [0.4, 0.5) is 0 Å². The lowest BCUT2D eigenvalue weighted by molar-refractivity contribution is -0.0572. The molecule has 4 rings (SSSR count). The van der Waals surface area contributed by atoms with Gasteiger partial charge in [-0.1, -0.05) is 46.3 Å². The van der Waals surface area contributed by atoms with Crippen LogP contribution in [0.25, 0.3) is 0 Å². The normalized spacial score (nSPS) is 43.8. The lowest BCUT2D eigenvalue weighted by Gasteiger charge is -2.58. The summed E-state index contributed by atoms with van der Waals surface area (Å²) in [6, 6.07) is 0. The van der Waals surface area contributed by atoms with Crippen molar-refractivity contribution >= 4 is 10.1 Å². The molecule has 0 amide bonds. The maximum absolute atomic E-state index is 11.9. The van der Waals surface area contributed by atoms with Gasteiger partial charge in [-0.25, -0.2) is 0 Å². The molecule has 3 fully saturated rings. The van der Waals surface area contributed by atoms with Gasteiger partial charge in [0.15, 0.2) is 0 Å². The van der Waals surface area contributed by atoms with E-state index in [0.29, 0.717) is 23.7 Å². The van der Waals surface area contributed by atoms with Gasteiger partial charge in [0.2, 0.25) is 0 Å². The zero-order valence-electron chi connectivity index (χ0n) is 20.9. The van der Waals surface area contributed by atoms with E-state index in [1.54, 1.807) is 0 Å². The van der Waals surface area contributed by atoms with Gasteiger partial charge >= 0.3 is 0 Å². The van der Waals surface area contributed by atoms with E-state index in [2.05, 4.69) is 26.8 Å². The molecule has 0 bridgehead atoms. The standard InChI is InChI=1S/C27H46O4S/c1-17(2)25(32(29,30)31)11-6-18(3)22-9-10-23-21-8-7-19-16-20(28)12-14-26(19,4)24(21)13-15-27(22,23)5/h7,17-18,20-25,28H,6,8-16H2,1-5H3,(H,29,30,31)/t18-,20+,21+,22-,23+,24+,25?,26+,27-/m1/s1. The van der Waals surface area contributed by atoms with Crippen LogP contribution in [0.3, 0.4) is 0 Å². The molecule has 1 unspecified atom stereocenters. The molecule has 0 saturated heterocycles. The van der Waals surface area contributed by atoms with Gasteiger partial charge in [0.05, 0.1) is 11.4 Å². The molecule has 4 aliphatic rings. The van der Waals surface area contributed by atoms with Crippen molar-refractivity contribution < 1.29 is 18.1 Å². The Labute approximate surface area is 196 Å². The second kappa shape index (κ2) is 8.68. The number of fused-ring (bicyclic) bond motifs is 5. The van der Waals surface area contributed by atoms with Crippen LogP contribution in [-0.2, 0) is 10.1 Å². The van der Waals surface area contributed by atoms with Crippen LogP contribution in [0.15, 0.2) is 11.6 Å². The second-order valence-corrected chi connectivity index (χ2v) is 14.4. The Kier molecular flexibility index (Phi) is 6.71. The molecule has 184 valence electrons. The molecular weight excluding hydrogens is 420 g/mol. The highest BCUT2D eigenvalue weighted by molar-refractivity contribution is 7.86. The third kappa shape index (κ3) is 4.13. The van der Waals surface area contributed by atoms with Gasteiger partial charge < -0.3 is 5.11 Å². The van der Waals surface area contributed by atoms with Crippen LogP contribution in [0.5, 0.6) is 0 Å². The van der Waals surface area contributed by atoms with E-state index in [4.69, 9.17) is 0 Å². The highest BCUT2D eigenvalue weighted by Gasteiger charge is 2.59. The number of allylic oxidation sites excluding steroid dienone is 1. The molecular formula is C27H46O4S. The number of hydrogen-bond donors (Lipinski definition) is 2. The number of rotatable bonds is 6. The summed E-state index contributed by atoms with van der Waals surface area (Å²) in [5.74, 6) is 3.35. The summed E-state index contributed by atoms with van der Waals surface area (Å²) in [5, 5.41) is 9.58. The summed E-state index contributed by atoms with van der Waals surface area (Å²) in [7, 11) is -3.98. The minimum absolute atomic E-state index is 0.0578. The van der Waals surface area contributed by atoms with E-state index < -0.39 is 15.4 Å². The Morgan fingerprint density at radius 1 is 1.03 bits per heavy atom. The minimum Gasteiger partial charge on any atom is -0.393 e. The second-order valence-electron chi connectivity index (χ2n) is 12.7. The van der Waals surface area contributed by atoms with Crippen LogP contribution in [0, 0.1) is 46.3 Å². The number of aliphatic hydroxyl groups excluding tert-OH is 1. The van der Waals surface area contributed by atoms with Crippen LogP contribution in [0.1, 0.15) is 98.8 Å². The Morgan fingerprint density at radius 3 is 2.41 bits per heavy atom. The lowest BCUT2D eigenvalue weighted by atomic mass is 9.47. The van der Waals surface area contributed by atoms with Crippen molar-refractivity contribution in [2.75, 3.05) is 0 Å². The zero-order valence-corrected chi connectivity index (χ0v) is 21.7. The molecule has 4 aliphatic carbocycles. The first-order valence-corrected chi connectivity index (χ1v) is 14.7. The van der Waals surface area contributed by atoms with Gasteiger partial charge in [-0.05, 0) is 111 Å². The van der Waals surface area contributed by atoms with Gasteiger partial charge in [0.1, 0.15) is 0 Å². The minimum atomic E-state index is -3.98. The molecule has 0 radical (unpaired) electrons. The summed E-state index contributed by atoms with van der Waals surface area (Å²) >= 11 is 0. The van der Waals surface area contributed by atoms with Crippen LogP contribution in [-0.4, -0.2) is 29.4 Å². The molecule has 0 aliphatic heterocycles. The molecule has 0 spiro atoms. The molecule has 0 heterocycles. The molecule has 4 nitrogen and oxygen atoms in total. The fourth-order valence-corrected chi connectivity index (χ4v) is 10.2. The van der Waals surface area contributed by atoms with Crippen molar-refractivity contribution in [1.29, 1.82) is 0 Å². The summed E-state index contributed by atoms with van der Waals surface area (Å²) in [5.41, 5.74) is 2.17. The Balaban J connectivity index is 1.48. The molecule has 32 heavy (non-hydrogen) atoms. The molecule has 0 aromatic rings. The van der Waals surface area contributed by atoms with Crippen LogP contribution < -0.4 is 0 Å². The van der Waals surface area contributed by atoms with Gasteiger partial charge in [0, 0.05) is 0 Å². The maximum atomic E-state index is 11.9. The quantitative estimate of drug-likeness (QED) is 0.358. The first-order valence-electron chi connectivity index (χ1n) is 13.2. The summed E-state index contributed by atoms with van der Waals surface area (Å²) in [4.78, 5) is 0. The summed E-state index contributed by atoms with van der Waals surface area (Å²) < 4.78 is 33.4. The van der Waals surface area contributed by atoms with Gasteiger partial charge in [-0.15, -0.1) is 0 Å². The number of hydrogen-bond acceptors (Lipinski definition) is 3. The lowest BCUT2D eigenvalue weighted by Crippen LogP contribution is -2.50. The maximum Gasteiger partial charge on any atom is 0.268 e. The van der Waals surface area contributed by atoms with E-state index in [1.807, 2.05) is 13.8 Å². The SMILES string of the molecule is CC(C)C(CC[C@@H](C)[C@H]1CC[C@H]2[C@@H]3CC=C4C[C@@H](O)CC[C@]4(C)[C@H]3CC[C@]12C)S(=O)(=O)O. The van der Waals surface area contributed by atoms with Crippen molar-refractivity contribution in [3.8, 4) is 0 Å². The predicted molar refractivity (Wildman–Crippen MR) is 130 cm³/mol. The first-order chi connectivity index (χ1) is 14.9. The molecule has 2 N–H and O–H groups in total. The predicted octanol–water partition coefficient (Wildman–Crippen LogP) is 6.26. The number of aliphatic hydroxyl groups is 1.